The molecule has 1 amide bonds. The number of aliphatic hydroxyl groups excluding tert-OH is 1. The molecule has 0 aliphatic rings. The van der Waals surface area contributed by atoms with Crippen LogP contribution in [0.25, 0.3) is 0 Å². The number of rotatable bonds is 8. The zero-order valence-corrected chi connectivity index (χ0v) is 12.4. The third kappa shape index (κ3) is 5.59. The molecule has 0 atom stereocenters. The molecule has 0 saturated heterocycles. The summed E-state index contributed by atoms with van der Waals surface area (Å²) in [4.78, 5) is 13.7. The Labute approximate surface area is 120 Å². The number of aliphatic hydroxyl groups is 1. The predicted octanol–water partition coefficient (Wildman–Crippen LogP) is 1.01. The average molecular weight is 280 g/mol. The van der Waals surface area contributed by atoms with Crippen LogP contribution in [0.3, 0.4) is 0 Å². The predicted molar refractivity (Wildman–Crippen MR) is 78.6 cm³/mol. The van der Waals surface area contributed by atoms with E-state index in [0.29, 0.717) is 13.1 Å². The van der Waals surface area contributed by atoms with Crippen LogP contribution in [0.5, 0.6) is 5.75 Å². The number of nitrogens with one attached hydrogen (secondary N) is 1. The Morgan fingerprint density at radius 1 is 1.40 bits per heavy atom. The van der Waals surface area contributed by atoms with E-state index in [1.807, 2.05) is 43.0 Å². The van der Waals surface area contributed by atoms with E-state index in [2.05, 4.69) is 5.32 Å². The van der Waals surface area contributed by atoms with E-state index in [4.69, 9.17) is 9.84 Å². The number of para-hydroxylation sites is 1. The Kier molecular flexibility index (Phi) is 7.04. The summed E-state index contributed by atoms with van der Waals surface area (Å²) in [5.41, 5.74) is 1.00. The summed E-state index contributed by atoms with van der Waals surface area (Å²) in [5, 5.41) is 12.0. The molecule has 112 valence electrons. The summed E-state index contributed by atoms with van der Waals surface area (Å²) in [5.74, 6) is 0.753. The van der Waals surface area contributed by atoms with Gasteiger partial charge in [0.25, 0.3) is 0 Å². The number of carbonyl (C=O) groups excluding carboxylic acids is 1. The number of ether oxygens (including phenoxy) is 1. The van der Waals surface area contributed by atoms with E-state index in [1.165, 1.54) is 0 Å². The molecule has 0 saturated carbocycles. The minimum Gasteiger partial charge on any atom is -0.496 e. The Morgan fingerprint density at radius 3 is 2.70 bits per heavy atom. The molecule has 2 N–H and O–H groups in total. The molecule has 5 heteroatoms. The summed E-state index contributed by atoms with van der Waals surface area (Å²) in [7, 11) is 1.63. The van der Waals surface area contributed by atoms with Crippen molar-refractivity contribution in [2.75, 3.05) is 26.8 Å². The van der Waals surface area contributed by atoms with Gasteiger partial charge in [-0.2, -0.15) is 0 Å². The summed E-state index contributed by atoms with van der Waals surface area (Å²) in [6, 6.07) is 7.81. The largest absolute Gasteiger partial charge is 0.496 e. The van der Waals surface area contributed by atoms with E-state index in [9.17, 15) is 4.79 Å². The molecule has 0 bridgehead atoms. The van der Waals surface area contributed by atoms with Gasteiger partial charge in [0.1, 0.15) is 5.75 Å². The molecule has 1 aromatic carbocycles. The molecule has 20 heavy (non-hydrogen) atoms. The molecule has 5 nitrogen and oxygen atoms in total. The van der Waals surface area contributed by atoms with Crippen molar-refractivity contribution in [3.05, 3.63) is 29.8 Å². The van der Waals surface area contributed by atoms with Gasteiger partial charge in [0.05, 0.1) is 20.3 Å². The van der Waals surface area contributed by atoms with Crippen LogP contribution in [-0.4, -0.2) is 48.8 Å². The van der Waals surface area contributed by atoms with Gasteiger partial charge in [-0.05, 0) is 19.9 Å². The quantitative estimate of drug-likeness (QED) is 0.746. The number of amides is 1. The first kappa shape index (κ1) is 16.5. The normalized spacial score (nSPS) is 10.9. The van der Waals surface area contributed by atoms with Crippen LogP contribution in [0.4, 0.5) is 0 Å². The summed E-state index contributed by atoms with van der Waals surface area (Å²) in [6.45, 7) is 5.14. The van der Waals surface area contributed by atoms with Gasteiger partial charge >= 0.3 is 0 Å². The van der Waals surface area contributed by atoms with Gasteiger partial charge in [-0.1, -0.05) is 18.2 Å². The van der Waals surface area contributed by atoms with Gasteiger partial charge in [-0.25, -0.2) is 0 Å². The fraction of sp³-hybridized carbons (Fsp3) is 0.533. The maximum atomic E-state index is 11.8. The highest BCUT2D eigenvalue weighted by molar-refractivity contribution is 5.78. The topological polar surface area (TPSA) is 61.8 Å². The zero-order chi connectivity index (χ0) is 15.0. The summed E-state index contributed by atoms with van der Waals surface area (Å²) in [6.07, 6.45) is 0. The molecule has 1 aromatic rings. The fourth-order valence-electron chi connectivity index (χ4n) is 2.00. The van der Waals surface area contributed by atoms with Gasteiger partial charge in [-0.3, -0.25) is 9.69 Å². The molecule has 0 aliphatic carbocycles. The van der Waals surface area contributed by atoms with Crippen molar-refractivity contribution in [2.45, 2.75) is 26.4 Å². The Morgan fingerprint density at radius 2 is 2.10 bits per heavy atom. The van der Waals surface area contributed by atoms with E-state index in [1.54, 1.807) is 7.11 Å². The van der Waals surface area contributed by atoms with Crippen molar-refractivity contribution in [3.63, 3.8) is 0 Å². The molecule has 0 fully saturated rings. The van der Waals surface area contributed by atoms with E-state index < -0.39 is 0 Å². The highest BCUT2D eigenvalue weighted by atomic mass is 16.5. The van der Waals surface area contributed by atoms with Crippen LogP contribution < -0.4 is 10.1 Å². The first-order chi connectivity index (χ1) is 9.56. The maximum absolute atomic E-state index is 11.8. The van der Waals surface area contributed by atoms with Crippen LogP contribution in [0.2, 0.25) is 0 Å². The Balaban J connectivity index is 2.69. The molecular formula is C15H24N2O3. The van der Waals surface area contributed by atoms with Gasteiger partial charge in [0, 0.05) is 24.7 Å². The van der Waals surface area contributed by atoms with Gasteiger partial charge < -0.3 is 15.2 Å². The third-order valence-electron chi connectivity index (χ3n) is 2.82. The minimum atomic E-state index is -0.0386. The molecule has 0 aliphatic heterocycles. The van der Waals surface area contributed by atoms with Crippen LogP contribution >= 0.6 is 0 Å². The van der Waals surface area contributed by atoms with Crippen molar-refractivity contribution in [1.29, 1.82) is 0 Å². The molecule has 1 rings (SSSR count). The number of methoxy groups -OCH3 is 1. The second kappa shape index (κ2) is 8.55. The SMILES string of the molecule is COc1ccccc1CN(CCO)CC(=O)NC(C)C. The van der Waals surface area contributed by atoms with E-state index >= 15 is 0 Å². The number of hydrogen-bond acceptors (Lipinski definition) is 4. The molecule has 0 unspecified atom stereocenters. The lowest BCUT2D eigenvalue weighted by Crippen LogP contribution is -2.40. The Bertz CT molecular complexity index is 421. The standard InChI is InChI=1S/C15H24N2O3/c1-12(2)16-15(19)11-17(8-9-18)10-13-6-4-5-7-14(13)20-3/h4-7,12,18H,8-11H2,1-3H3,(H,16,19). The molecule has 0 heterocycles. The van der Waals surface area contributed by atoms with Crippen molar-refractivity contribution < 1.29 is 14.6 Å². The Hall–Kier alpha value is -1.59. The fourth-order valence-corrected chi connectivity index (χ4v) is 2.00. The number of nitrogens with zero attached hydrogens (tertiary/aromatic N) is 1. The summed E-state index contributed by atoms with van der Waals surface area (Å²) < 4.78 is 5.30. The van der Waals surface area contributed by atoms with E-state index in [-0.39, 0.29) is 25.1 Å². The lowest BCUT2D eigenvalue weighted by Gasteiger charge is -2.22. The van der Waals surface area contributed by atoms with Crippen LogP contribution in [-0.2, 0) is 11.3 Å². The maximum Gasteiger partial charge on any atom is 0.234 e. The van der Waals surface area contributed by atoms with Gasteiger partial charge in [0.15, 0.2) is 0 Å². The van der Waals surface area contributed by atoms with E-state index in [0.717, 1.165) is 11.3 Å². The molecular weight excluding hydrogens is 256 g/mol. The zero-order valence-electron chi connectivity index (χ0n) is 12.4. The second-order valence-electron chi connectivity index (χ2n) is 4.97. The van der Waals surface area contributed by atoms with Crippen LogP contribution in [0, 0.1) is 0 Å². The first-order valence-electron chi connectivity index (χ1n) is 6.81. The third-order valence-corrected chi connectivity index (χ3v) is 2.82. The van der Waals surface area contributed by atoms with Crippen molar-refractivity contribution in [1.82, 2.24) is 10.2 Å². The lowest BCUT2D eigenvalue weighted by molar-refractivity contribution is -0.123. The van der Waals surface area contributed by atoms with Crippen LogP contribution in [0.1, 0.15) is 19.4 Å². The smallest absolute Gasteiger partial charge is 0.234 e. The van der Waals surface area contributed by atoms with Gasteiger partial charge in [-0.15, -0.1) is 0 Å². The van der Waals surface area contributed by atoms with Crippen molar-refractivity contribution >= 4 is 5.91 Å². The summed E-state index contributed by atoms with van der Waals surface area (Å²) >= 11 is 0. The van der Waals surface area contributed by atoms with Crippen molar-refractivity contribution in [2.24, 2.45) is 0 Å². The molecule has 0 aromatic heterocycles. The first-order valence-corrected chi connectivity index (χ1v) is 6.81. The minimum absolute atomic E-state index is 0.0180. The highest BCUT2D eigenvalue weighted by Gasteiger charge is 2.13. The van der Waals surface area contributed by atoms with Gasteiger partial charge in [0.2, 0.25) is 5.91 Å². The number of benzene rings is 1. The average Bonchev–Trinajstić information content (AvgIpc) is 2.38. The number of hydrogen-bond donors (Lipinski definition) is 2. The number of carbonyl (C=O) groups is 1. The molecule has 0 spiro atoms. The van der Waals surface area contributed by atoms with Crippen LogP contribution in [0.15, 0.2) is 24.3 Å². The second-order valence-corrected chi connectivity index (χ2v) is 4.97. The highest BCUT2D eigenvalue weighted by Crippen LogP contribution is 2.18. The lowest BCUT2D eigenvalue weighted by atomic mass is 10.2. The molecule has 0 radical (unpaired) electrons. The van der Waals surface area contributed by atoms with Crippen molar-refractivity contribution in [3.8, 4) is 5.75 Å². The monoisotopic (exact) mass is 280 g/mol.